The first-order valence-electron chi connectivity index (χ1n) is 6.88. The van der Waals surface area contributed by atoms with Gasteiger partial charge >= 0.3 is 0 Å². The lowest BCUT2D eigenvalue weighted by atomic mass is 10.0. The molecule has 2 rings (SSSR count). The highest BCUT2D eigenvalue weighted by atomic mass is 35.5. The smallest absolute Gasteiger partial charge is 0.122 e. The standard InChI is InChI=1S/C17H20ClNO/c1-13(2)16-8-3-4-9-17(16)20-11-10-19-15-7-5-6-14(18)12-15/h3-9,12-13,19H,10-11H2,1-2H3. The van der Waals surface area contributed by atoms with E-state index in [-0.39, 0.29) is 0 Å². The van der Waals surface area contributed by atoms with E-state index in [0.29, 0.717) is 12.5 Å². The number of hydrogen-bond donors (Lipinski definition) is 1. The molecular formula is C17H20ClNO. The summed E-state index contributed by atoms with van der Waals surface area (Å²) in [5.74, 6) is 1.43. The summed E-state index contributed by atoms with van der Waals surface area (Å²) in [6, 6.07) is 15.9. The van der Waals surface area contributed by atoms with Crippen molar-refractivity contribution in [2.75, 3.05) is 18.5 Å². The number of anilines is 1. The molecule has 0 spiro atoms. The Balaban J connectivity index is 1.84. The van der Waals surface area contributed by atoms with E-state index in [1.54, 1.807) is 0 Å². The SMILES string of the molecule is CC(C)c1ccccc1OCCNc1cccc(Cl)c1. The van der Waals surface area contributed by atoms with Gasteiger partial charge in [-0.2, -0.15) is 0 Å². The molecule has 0 radical (unpaired) electrons. The van der Waals surface area contributed by atoms with E-state index in [2.05, 4.69) is 25.2 Å². The molecule has 0 aromatic heterocycles. The molecule has 0 unspecified atom stereocenters. The number of benzene rings is 2. The van der Waals surface area contributed by atoms with Gasteiger partial charge < -0.3 is 10.1 Å². The average Bonchev–Trinajstić information content (AvgIpc) is 2.44. The van der Waals surface area contributed by atoms with Crippen molar-refractivity contribution >= 4 is 17.3 Å². The average molecular weight is 290 g/mol. The van der Waals surface area contributed by atoms with Gasteiger partial charge in [0, 0.05) is 17.3 Å². The predicted molar refractivity (Wildman–Crippen MR) is 86.0 cm³/mol. The molecule has 2 aromatic rings. The summed E-state index contributed by atoms with van der Waals surface area (Å²) < 4.78 is 5.85. The summed E-state index contributed by atoms with van der Waals surface area (Å²) in [6.45, 7) is 5.71. The van der Waals surface area contributed by atoms with Gasteiger partial charge in [0.1, 0.15) is 12.4 Å². The molecule has 0 saturated carbocycles. The van der Waals surface area contributed by atoms with Crippen molar-refractivity contribution in [3.63, 3.8) is 0 Å². The van der Waals surface area contributed by atoms with Crippen molar-refractivity contribution in [3.05, 3.63) is 59.1 Å². The van der Waals surface area contributed by atoms with Crippen LogP contribution in [-0.2, 0) is 0 Å². The molecule has 20 heavy (non-hydrogen) atoms. The third-order valence-electron chi connectivity index (χ3n) is 3.05. The number of rotatable bonds is 6. The summed E-state index contributed by atoms with van der Waals surface area (Å²) >= 11 is 5.94. The molecule has 0 aliphatic rings. The molecule has 0 aliphatic carbocycles. The summed E-state index contributed by atoms with van der Waals surface area (Å²) in [5.41, 5.74) is 2.26. The van der Waals surface area contributed by atoms with Gasteiger partial charge in [0.25, 0.3) is 0 Å². The van der Waals surface area contributed by atoms with E-state index >= 15 is 0 Å². The third-order valence-corrected chi connectivity index (χ3v) is 3.29. The Labute approximate surface area is 125 Å². The van der Waals surface area contributed by atoms with Crippen LogP contribution in [0.2, 0.25) is 5.02 Å². The predicted octanol–water partition coefficient (Wildman–Crippen LogP) is 4.95. The Morgan fingerprint density at radius 2 is 1.90 bits per heavy atom. The third kappa shape index (κ3) is 4.17. The summed E-state index contributed by atoms with van der Waals surface area (Å²) in [5, 5.41) is 4.03. The second-order valence-electron chi connectivity index (χ2n) is 4.98. The molecule has 0 bridgehead atoms. The molecule has 0 heterocycles. The van der Waals surface area contributed by atoms with Crippen molar-refractivity contribution in [1.82, 2.24) is 0 Å². The van der Waals surface area contributed by atoms with Gasteiger partial charge in [-0.15, -0.1) is 0 Å². The lowest BCUT2D eigenvalue weighted by Gasteiger charge is -2.14. The molecule has 0 fully saturated rings. The molecule has 0 amide bonds. The number of hydrogen-bond acceptors (Lipinski definition) is 2. The Hall–Kier alpha value is -1.67. The highest BCUT2D eigenvalue weighted by molar-refractivity contribution is 6.30. The highest BCUT2D eigenvalue weighted by Crippen LogP contribution is 2.25. The van der Waals surface area contributed by atoms with E-state index in [4.69, 9.17) is 16.3 Å². The maximum absolute atomic E-state index is 5.94. The van der Waals surface area contributed by atoms with Crippen LogP contribution in [0.25, 0.3) is 0 Å². The topological polar surface area (TPSA) is 21.3 Å². The first-order valence-corrected chi connectivity index (χ1v) is 7.26. The monoisotopic (exact) mass is 289 g/mol. The van der Waals surface area contributed by atoms with Crippen molar-refractivity contribution in [1.29, 1.82) is 0 Å². The summed E-state index contributed by atoms with van der Waals surface area (Å²) in [4.78, 5) is 0. The van der Waals surface area contributed by atoms with Crippen LogP contribution >= 0.6 is 11.6 Å². The first-order chi connectivity index (χ1) is 9.66. The van der Waals surface area contributed by atoms with Gasteiger partial charge in [-0.05, 0) is 35.7 Å². The fourth-order valence-corrected chi connectivity index (χ4v) is 2.23. The minimum Gasteiger partial charge on any atom is -0.491 e. The van der Waals surface area contributed by atoms with Crippen LogP contribution in [0.1, 0.15) is 25.3 Å². The lowest BCUT2D eigenvalue weighted by molar-refractivity contribution is 0.328. The molecular weight excluding hydrogens is 270 g/mol. The minimum absolute atomic E-state index is 0.465. The Morgan fingerprint density at radius 1 is 1.10 bits per heavy atom. The molecule has 0 saturated heterocycles. The summed E-state index contributed by atoms with van der Waals surface area (Å²) in [6.07, 6.45) is 0. The van der Waals surface area contributed by atoms with Crippen molar-refractivity contribution in [2.45, 2.75) is 19.8 Å². The number of para-hydroxylation sites is 1. The second kappa shape index (κ2) is 7.20. The molecule has 3 heteroatoms. The van der Waals surface area contributed by atoms with Crippen molar-refractivity contribution in [2.24, 2.45) is 0 Å². The molecule has 0 atom stereocenters. The van der Waals surface area contributed by atoms with E-state index < -0.39 is 0 Å². The maximum Gasteiger partial charge on any atom is 0.122 e. The second-order valence-corrected chi connectivity index (χ2v) is 5.41. The van der Waals surface area contributed by atoms with Gasteiger partial charge in [0.15, 0.2) is 0 Å². The van der Waals surface area contributed by atoms with Crippen molar-refractivity contribution < 1.29 is 4.74 Å². The van der Waals surface area contributed by atoms with Gasteiger partial charge in [-0.3, -0.25) is 0 Å². The zero-order valence-electron chi connectivity index (χ0n) is 11.9. The number of halogens is 1. The quantitative estimate of drug-likeness (QED) is 0.759. The minimum atomic E-state index is 0.465. The van der Waals surface area contributed by atoms with E-state index in [1.165, 1.54) is 5.56 Å². The van der Waals surface area contributed by atoms with Crippen LogP contribution in [0.3, 0.4) is 0 Å². The van der Waals surface area contributed by atoms with E-state index in [0.717, 1.165) is 23.0 Å². The first kappa shape index (κ1) is 14.7. The van der Waals surface area contributed by atoms with Gasteiger partial charge in [0.2, 0.25) is 0 Å². The fraction of sp³-hybridized carbons (Fsp3) is 0.294. The van der Waals surface area contributed by atoms with Crippen LogP contribution in [0.5, 0.6) is 5.75 Å². The van der Waals surface area contributed by atoms with Crippen LogP contribution in [0.15, 0.2) is 48.5 Å². The van der Waals surface area contributed by atoms with Crippen LogP contribution in [0.4, 0.5) is 5.69 Å². The van der Waals surface area contributed by atoms with Gasteiger partial charge in [-0.1, -0.05) is 49.7 Å². The Morgan fingerprint density at radius 3 is 2.65 bits per heavy atom. The van der Waals surface area contributed by atoms with E-state index in [9.17, 15) is 0 Å². The fourth-order valence-electron chi connectivity index (χ4n) is 2.04. The normalized spacial score (nSPS) is 10.6. The number of ether oxygens (including phenoxy) is 1. The molecule has 106 valence electrons. The maximum atomic E-state index is 5.94. The Kier molecular flexibility index (Phi) is 5.31. The lowest BCUT2D eigenvalue weighted by Crippen LogP contribution is -2.12. The molecule has 0 aliphatic heterocycles. The molecule has 1 N–H and O–H groups in total. The zero-order valence-corrected chi connectivity index (χ0v) is 12.7. The van der Waals surface area contributed by atoms with Crippen LogP contribution in [0, 0.1) is 0 Å². The number of nitrogens with one attached hydrogen (secondary N) is 1. The zero-order chi connectivity index (χ0) is 14.4. The van der Waals surface area contributed by atoms with Gasteiger partial charge in [0.05, 0.1) is 0 Å². The largest absolute Gasteiger partial charge is 0.491 e. The summed E-state index contributed by atoms with van der Waals surface area (Å²) in [7, 11) is 0. The molecule has 2 nitrogen and oxygen atoms in total. The van der Waals surface area contributed by atoms with Crippen molar-refractivity contribution in [3.8, 4) is 5.75 Å². The Bertz CT molecular complexity index is 554. The van der Waals surface area contributed by atoms with E-state index in [1.807, 2.05) is 42.5 Å². The van der Waals surface area contributed by atoms with Gasteiger partial charge in [-0.25, -0.2) is 0 Å². The van der Waals surface area contributed by atoms with Crippen LogP contribution in [-0.4, -0.2) is 13.2 Å². The molecule has 2 aromatic carbocycles. The highest BCUT2D eigenvalue weighted by Gasteiger charge is 2.06. The van der Waals surface area contributed by atoms with Crippen LogP contribution < -0.4 is 10.1 Å².